The molecule has 0 radical (unpaired) electrons. The van der Waals surface area contributed by atoms with E-state index >= 15 is 0 Å². The third-order valence-corrected chi connectivity index (χ3v) is 7.75. The summed E-state index contributed by atoms with van der Waals surface area (Å²) in [7, 11) is -8.55. The number of carbonyl (C=O) groups excluding carboxylic acids is 1. The van der Waals surface area contributed by atoms with E-state index < -0.39 is 20.2 Å². The Labute approximate surface area is 232 Å². The van der Waals surface area contributed by atoms with Gasteiger partial charge in [-0.3, -0.25) is 13.4 Å². The number of oxime groups is 2. The Hall–Kier alpha value is -4.61. The summed E-state index contributed by atoms with van der Waals surface area (Å²) in [6.45, 7) is 0. The van der Waals surface area contributed by atoms with Crippen LogP contribution in [-0.4, -0.2) is 34.0 Å². The van der Waals surface area contributed by atoms with E-state index in [1.54, 1.807) is 84.9 Å². The maximum atomic E-state index is 13.0. The van der Waals surface area contributed by atoms with Crippen LogP contribution in [0.4, 0.5) is 0 Å². The van der Waals surface area contributed by atoms with Crippen molar-refractivity contribution in [1.29, 1.82) is 0 Å². The zero-order valence-electron chi connectivity index (χ0n) is 21.0. The highest BCUT2D eigenvalue weighted by atomic mass is 32.2. The first kappa shape index (κ1) is 28.4. The molecule has 0 unspecified atom stereocenters. The largest absolute Gasteiger partial charge is 0.358 e. The van der Waals surface area contributed by atoms with Crippen molar-refractivity contribution in [3.05, 3.63) is 132 Å². The van der Waals surface area contributed by atoms with Gasteiger partial charge in [0.25, 0.3) is 0 Å². The highest BCUT2D eigenvalue weighted by Crippen LogP contribution is 2.17. The molecule has 0 heterocycles. The van der Waals surface area contributed by atoms with Crippen molar-refractivity contribution in [2.45, 2.75) is 22.6 Å². The second-order valence-corrected chi connectivity index (χ2v) is 11.4. The SMILES string of the molecule is O=C(C/C(C/C(=N\OS(=O)(=O)c1ccccc1)c1ccccc1)=N\OS(=O)(=O)c1ccccc1)c1ccccc1. The van der Waals surface area contributed by atoms with Gasteiger partial charge < -0.3 is 0 Å². The first-order valence-electron chi connectivity index (χ1n) is 12.0. The van der Waals surface area contributed by atoms with Crippen LogP contribution in [0.1, 0.15) is 28.8 Å². The summed E-state index contributed by atoms with van der Waals surface area (Å²) >= 11 is 0. The summed E-state index contributed by atoms with van der Waals surface area (Å²) in [5, 5.41) is 7.72. The quantitative estimate of drug-likeness (QED) is 0.128. The van der Waals surface area contributed by atoms with Crippen LogP contribution in [0.25, 0.3) is 0 Å². The van der Waals surface area contributed by atoms with Crippen molar-refractivity contribution in [2.24, 2.45) is 10.3 Å². The fourth-order valence-electron chi connectivity index (χ4n) is 3.51. The summed E-state index contributed by atoms with van der Waals surface area (Å²) in [6.07, 6.45) is -0.581. The molecule has 0 saturated carbocycles. The number of Topliss-reactive ketones (excluding diaryl/α,β-unsaturated/α-hetero) is 1. The smallest absolute Gasteiger partial charge is 0.294 e. The van der Waals surface area contributed by atoms with Crippen LogP contribution >= 0.6 is 0 Å². The molecule has 11 heteroatoms. The van der Waals surface area contributed by atoms with Crippen LogP contribution in [0.2, 0.25) is 0 Å². The number of benzene rings is 4. The Morgan fingerprint density at radius 1 is 0.525 bits per heavy atom. The summed E-state index contributed by atoms with van der Waals surface area (Å²) in [4.78, 5) is 12.8. The number of ketones is 1. The topological polar surface area (TPSA) is 129 Å². The molecular weight excluding hydrogens is 552 g/mol. The molecule has 0 aromatic heterocycles. The number of carbonyl (C=O) groups is 1. The molecule has 0 atom stereocenters. The normalized spacial score (nSPS) is 12.5. The van der Waals surface area contributed by atoms with Gasteiger partial charge in [-0.1, -0.05) is 107 Å². The van der Waals surface area contributed by atoms with E-state index in [1.165, 1.54) is 36.4 Å². The summed E-state index contributed by atoms with van der Waals surface area (Å²) in [5.74, 6) is -0.356. The van der Waals surface area contributed by atoms with Gasteiger partial charge >= 0.3 is 20.2 Å². The van der Waals surface area contributed by atoms with Gasteiger partial charge in [0.1, 0.15) is 9.79 Å². The van der Waals surface area contributed by atoms with E-state index in [9.17, 15) is 21.6 Å². The van der Waals surface area contributed by atoms with Crippen molar-refractivity contribution in [3.63, 3.8) is 0 Å². The molecule has 4 rings (SSSR count). The van der Waals surface area contributed by atoms with Gasteiger partial charge in [0.05, 0.1) is 17.8 Å². The molecule has 0 aliphatic rings. The predicted octanol–water partition coefficient (Wildman–Crippen LogP) is 5.22. The zero-order valence-corrected chi connectivity index (χ0v) is 22.7. The average molecular weight is 577 g/mol. The van der Waals surface area contributed by atoms with E-state index in [1.807, 2.05) is 0 Å². The fourth-order valence-corrected chi connectivity index (χ4v) is 5.05. The first-order chi connectivity index (χ1) is 19.2. The van der Waals surface area contributed by atoms with Crippen LogP contribution in [0, 0.1) is 0 Å². The Morgan fingerprint density at radius 2 is 0.925 bits per heavy atom. The fraction of sp³-hybridized carbons (Fsp3) is 0.0690. The van der Waals surface area contributed by atoms with E-state index in [2.05, 4.69) is 10.3 Å². The molecule has 0 aliphatic carbocycles. The minimum absolute atomic E-state index is 0.0170. The minimum atomic E-state index is -4.29. The molecular formula is C29H24N2O7S2. The maximum absolute atomic E-state index is 13.0. The van der Waals surface area contributed by atoms with Crippen LogP contribution in [0.15, 0.2) is 141 Å². The number of nitrogens with zero attached hydrogens (tertiary/aromatic N) is 2. The molecule has 204 valence electrons. The van der Waals surface area contributed by atoms with Gasteiger partial charge in [-0.25, -0.2) is 0 Å². The second-order valence-electron chi connectivity index (χ2n) is 8.39. The van der Waals surface area contributed by atoms with Crippen LogP contribution in [0.3, 0.4) is 0 Å². The van der Waals surface area contributed by atoms with Gasteiger partial charge in [0.15, 0.2) is 5.78 Å². The third-order valence-electron chi connectivity index (χ3n) is 5.51. The van der Waals surface area contributed by atoms with Crippen LogP contribution < -0.4 is 0 Å². The molecule has 4 aromatic rings. The monoisotopic (exact) mass is 576 g/mol. The van der Waals surface area contributed by atoms with Crippen molar-refractivity contribution in [3.8, 4) is 0 Å². The van der Waals surface area contributed by atoms with Crippen LogP contribution in [-0.2, 0) is 28.8 Å². The van der Waals surface area contributed by atoms with E-state index in [-0.39, 0.29) is 39.8 Å². The summed E-state index contributed by atoms with van der Waals surface area (Å²) in [5.41, 5.74) is 0.913. The van der Waals surface area contributed by atoms with Gasteiger partial charge in [0, 0.05) is 12.0 Å². The van der Waals surface area contributed by atoms with E-state index in [0.717, 1.165) is 0 Å². The maximum Gasteiger partial charge on any atom is 0.358 e. The highest BCUT2D eigenvalue weighted by Gasteiger charge is 2.21. The lowest BCUT2D eigenvalue weighted by molar-refractivity contribution is 0.0999. The lowest BCUT2D eigenvalue weighted by Gasteiger charge is -2.10. The van der Waals surface area contributed by atoms with E-state index in [4.69, 9.17) is 8.57 Å². The van der Waals surface area contributed by atoms with Crippen molar-refractivity contribution < 1.29 is 30.2 Å². The molecule has 0 N–H and O–H groups in total. The molecule has 0 amide bonds. The molecule has 9 nitrogen and oxygen atoms in total. The lowest BCUT2D eigenvalue weighted by atomic mass is 9.99. The summed E-state index contributed by atoms with van der Waals surface area (Å²) < 4.78 is 60.8. The Morgan fingerprint density at radius 3 is 1.40 bits per heavy atom. The summed E-state index contributed by atoms with van der Waals surface area (Å²) in [6, 6.07) is 31.7. The Kier molecular flexibility index (Phi) is 9.20. The molecule has 0 fully saturated rings. The van der Waals surface area contributed by atoms with Crippen LogP contribution in [0.5, 0.6) is 0 Å². The lowest BCUT2D eigenvalue weighted by Crippen LogP contribution is -2.17. The van der Waals surface area contributed by atoms with Gasteiger partial charge in [-0.2, -0.15) is 16.8 Å². The minimum Gasteiger partial charge on any atom is -0.294 e. The number of hydrogen-bond donors (Lipinski definition) is 0. The standard InChI is InChI=1S/C29H24N2O7S2/c32-29(24-15-7-2-8-16-24)22-25(30-37-39(33,34)26-17-9-3-10-18-26)21-28(23-13-5-1-6-14-23)31-38-40(35,36)27-19-11-4-12-20-27/h1-20H,21-22H2/b30-25-,31-28+. The molecule has 0 bridgehead atoms. The molecule has 4 aromatic carbocycles. The van der Waals surface area contributed by atoms with Crippen molar-refractivity contribution >= 4 is 37.4 Å². The van der Waals surface area contributed by atoms with Crippen molar-refractivity contribution in [1.82, 2.24) is 0 Å². The molecule has 0 spiro atoms. The molecule has 0 aliphatic heterocycles. The first-order valence-corrected chi connectivity index (χ1v) is 14.8. The predicted molar refractivity (Wildman–Crippen MR) is 150 cm³/mol. The zero-order chi connectivity index (χ0) is 28.4. The van der Waals surface area contributed by atoms with Gasteiger partial charge in [-0.05, 0) is 29.8 Å². The average Bonchev–Trinajstić information content (AvgIpc) is 2.99. The molecule has 0 saturated heterocycles. The highest BCUT2D eigenvalue weighted by molar-refractivity contribution is 7.87. The Balaban J connectivity index is 1.69. The van der Waals surface area contributed by atoms with Crippen molar-refractivity contribution in [2.75, 3.05) is 0 Å². The number of rotatable bonds is 12. The Bertz CT molecular complexity index is 1710. The van der Waals surface area contributed by atoms with Gasteiger partial charge in [0.2, 0.25) is 0 Å². The third kappa shape index (κ3) is 7.71. The number of hydrogen-bond acceptors (Lipinski definition) is 9. The van der Waals surface area contributed by atoms with E-state index in [0.29, 0.717) is 11.1 Å². The molecule has 40 heavy (non-hydrogen) atoms. The second kappa shape index (κ2) is 13.0. The van der Waals surface area contributed by atoms with Gasteiger partial charge in [-0.15, -0.1) is 0 Å².